The van der Waals surface area contributed by atoms with Gasteiger partial charge in [-0.2, -0.15) is 0 Å². The maximum atomic E-state index is 9.18. The van der Waals surface area contributed by atoms with Gasteiger partial charge in [0.25, 0.3) is 0 Å². The molecule has 1 unspecified atom stereocenters. The highest BCUT2D eigenvalue weighted by Crippen LogP contribution is 2.12. The fourth-order valence-corrected chi connectivity index (χ4v) is 1.51. The van der Waals surface area contributed by atoms with Crippen molar-refractivity contribution in [3.63, 3.8) is 0 Å². The Balaban J connectivity index is 2.64. The predicted octanol–water partition coefficient (Wildman–Crippen LogP) is 2.56. The van der Waals surface area contributed by atoms with Crippen molar-refractivity contribution in [1.29, 1.82) is 0 Å². The summed E-state index contributed by atoms with van der Waals surface area (Å²) in [6, 6.07) is 8.46. The lowest BCUT2D eigenvalue weighted by molar-refractivity contribution is 0.185. The first-order chi connectivity index (χ1) is 6.24. The summed E-state index contributed by atoms with van der Waals surface area (Å²) in [7, 11) is 0. The number of hydrogen-bond donors (Lipinski definition) is 1. The Bertz CT molecular complexity index is 253. The second-order valence-electron chi connectivity index (χ2n) is 3.51. The van der Waals surface area contributed by atoms with E-state index in [-0.39, 0.29) is 6.10 Å². The molecule has 0 aliphatic heterocycles. The van der Waals surface area contributed by atoms with Crippen molar-refractivity contribution in [1.82, 2.24) is 0 Å². The van der Waals surface area contributed by atoms with Crippen molar-refractivity contribution in [3.8, 4) is 0 Å². The van der Waals surface area contributed by atoms with Crippen molar-refractivity contribution in [3.05, 3.63) is 35.4 Å². The van der Waals surface area contributed by atoms with E-state index in [1.165, 1.54) is 11.1 Å². The van der Waals surface area contributed by atoms with Gasteiger partial charge in [-0.05, 0) is 37.3 Å². The summed E-state index contributed by atoms with van der Waals surface area (Å²) in [6.45, 7) is 4.01. The molecule has 1 aromatic carbocycles. The first-order valence-corrected chi connectivity index (χ1v) is 4.99. The van der Waals surface area contributed by atoms with Gasteiger partial charge in [-0.3, -0.25) is 0 Å². The van der Waals surface area contributed by atoms with E-state index in [4.69, 9.17) is 0 Å². The van der Waals surface area contributed by atoms with E-state index in [9.17, 15) is 5.11 Å². The van der Waals surface area contributed by atoms with Crippen LogP contribution in [0.1, 0.15) is 31.4 Å². The molecule has 72 valence electrons. The van der Waals surface area contributed by atoms with Gasteiger partial charge in [0, 0.05) is 0 Å². The normalized spacial score (nSPS) is 12.8. The maximum absolute atomic E-state index is 9.18. The fourth-order valence-electron chi connectivity index (χ4n) is 1.51. The average molecular weight is 178 g/mol. The molecule has 0 aromatic heterocycles. The SMILES string of the molecule is CCc1ccccc1CCC(C)O. The topological polar surface area (TPSA) is 20.2 Å². The Morgan fingerprint density at radius 2 is 1.85 bits per heavy atom. The highest BCUT2D eigenvalue weighted by atomic mass is 16.3. The zero-order valence-corrected chi connectivity index (χ0v) is 8.46. The van der Waals surface area contributed by atoms with Gasteiger partial charge in [0.1, 0.15) is 0 Å². The third-order valence-corrected chi connectivity index (χ3v) is 2.33. The Kier molecular flexibility index (Phi) is 3.97. The van der Waals surface area contributed by atoms with Gasteiger partial charge in [0.2, 0.25) is 0 Å². The van der Waals surface area contributed by atoms with Crippen LogP contribution >= 0.6 is 0 Å². The van der Waals surface area contributed by atoms with E-state index in [1.807, 2.05) is 6.92 Å². The molecule has 0 aliphatic carbocycles. The van der Waals surface area contributed by atoms with Crippen LogP contribution in [0.3, 0.4) is 0 Å². The van der Waals surface area contributed by atoms with E-state index in [0.717, 1.165) is 19.3 Å². The summed E-state index contributed by atoms with van der Waals surface area (Å²) >= 11 is 0. The number of rotatable bonds is 4. The van der Waals surface area contributed by atoms with Gasteiger partial charge < -0.3 is 5.11 Å². The van der Waals surface area contributed by atoms with Gasteiger partial charge in [-0.25, -0.2) is 0 Å². The Hall–Kier alpha value is -0.820. The van der Waals surface area contributed by atoms with Crippen molar-refractivity contribution in [2.45, 2.75) is 39.2 Å². The molecule has 0 saturated carbocycles. The monoisotopic (exact) mass is 178 g/mol. The standard InChI is InChI=1S/C12H18O/c1-3-11-6-4-5-7-12(11)9-8-10(2)13/h4-7,10,13H,3,8-9H2,1-2H3. The van der Waals surface area contributed by atoms with Crippen molar-refractivity contribution >= 4 is 0 Å². The molecule has 1 nitrogen and oxygen atoms in total. The summed E-state index contributed by atoms with van der Waals surface area (Å²) in [6.07, 6.45) is 2.74. The Labute approximate surface area is 80.4 Å². The molecule has 1 rings (SSSR count). The minimum atomic E-state index is -0.190. The summed E-state index contributed by atoms with van der Waals surface area (Å²) in [5.41, 5.74) is 2.79. The summed E-state index contributed by atoms with van der Waals surface area (Å²) in [5, 5.41) is 9.18. The van der Waals surface area contributed by atoms with Crippen LogP contribution < -0.4 is 0 Å². The molecular formula is C12H18O. The van der Waals surface area contributed by atoms with Crippen LogP contribution in [0, 0.1) is 0 Å². The smallest absolute Gasteiger partial charge is 0.0515 e. The number of benzene rings is 1. The quantitative estimate of drug-likeness (QED) is 0.751. The molecule has 0 aliphatic rings. The fraction of sp³-hybridized carbons (Fsp3) is 0.500. The zero-order chi connectivity index (χ0) is 9.68. The summed E-state index contributed by atoms with van der Waals surface area (Å²) in [4.78, 5) is 0. The molecule has 1 N–H and O–H groups in total. The highest BCUT2D eigenvalue weighted by molar-refractivity contribution is 5.27. The lowest BCUT2D eigenvalue weighted by Crippen LogP contribution is -2.02. The third-order valence-electron chi connectivity index (χ3n) is 2.33. The van der Waals surface area contributed by atoms with Crippen molar-refractivity contribution < 1.29 is 5.11 Å². The van der Waals surface area contributed by atoms with Crippen molar-refractivity contribution in [2.24, 2.45) is 0 Å². The lowest BCUT2D eigenvalue weighted by Gasteiger charge is -2.08. The Morgan fingerprint density at radius 3 is 2.38 bits per heavy atom. The Morgan fingerprint density at radius 1 is 1.23 bits per heavy atom. The third kappa shape index (κ3) is 3.19. The van der Waals surface area contributed by atoms with Crippen LogP contribution in [-0.4, -0.2) is 11.2 Å². The van der Waals surface area contributed by atoms with Gasteiger partial charge in [-0.15, -0.1) is 0 Å². The summed E-state index contributed by atoms with van der Waals surface area (Å²) in [5.74, 6) is 0. The predicted molar refractivity (Wildman–Crippen MR) is 55.8 cm³/mol. The molecule has 1 atom stereocenters. The molecule has 1 aromatic rings. The van der Waals surface area contributed by atoms with E-state index in [1.54, 1.807) is 0 Å². The molecule has 0 fully saturated rings. The number of aliphatic hydroxyl groups is 1. The van der Waals surface area contributed by atoms with Crippen LogP contribution in [0.4, 0.5) is 0 Å². The van der Waals surface area contributed by atoms with Gasteiger partial charge in [0.05, 0.1) is 6.10 Å². The second-order valence-corrected chi connectivity index (χ2v) is 3.51. The van der Waals surface area contributed by atoms with Gasteiger partial charge >= 0.3 is 0 Å². The van der Waals surface area contributed by atoms with E-state index >= 15 is 0 Å². The first kappa shape index (κ1) is 10.3. The van der Waals surface area contributed by atoms with Gasteiger partial charge in [0.15, 0.2) is 0 Å². The average Bonchev–Trinajstić information content (AvgIpc) is 2.15. The van der Waals surface area contributed by atoms with Crippen LogP contribution in [0.25, 0.3) is 0 Å². The first-order valence-electron chi connectivity index (χ1n) is 4.99. The number of hydrogen-bond acceptors (Lipinski definition) is 1. The van der Waals surface area contributed by atoms with E-state index in [2.05, 4.69) is 31.2 Å². The molecule has 0 heterocycles. The maximum Gasteiger partial charge on any atom is 0.0515 e. The number of aliphatic hydroxyl groups excluding tert-OH is 1. The molecular weight excluding hydrogens is 160 g/mol. The minimum absolute atomic E-state index is 0.190. The minimum Gasteiger partial charge on any atom is -0.393 e. The summed E-state index contributed by atoms with van der Waals surface area (Å²) < 4.78 is 0. The van der Waals surface area contributed by atoms with E-state index in [0.29, 0.717) is 0 Å². The molecule has 0 spiro atoms. The highest BCUT2D eigenvalue weighted by Gasteiger charge is 2.01. The molecule has 1 heteroatoms. The number of aryl methyl sites for hydroxylation is 2. The van der Waals surface area contributed by atoms with Crippen LogP contribution in [-0.2, 0) is 12.8 Å². The second kappa shape index (κ2) is 5.03. The van der Waals surface area contributed by atoms with Crippen LogP contribution in [0.5, 0.6) is 0 Å². The molecule has 0 amide bonds. The van der Waals surface area contributed by atoms with Crippen LogP contribution in [0.2, 0.25) is 0 Å². The lowest BCUT2D eigenvalue weighted by atomic mass is 10.00. The molecule has 0 radical (unpaired) electrons. The molecule has 0 bridgehead atoms. The molecule has 13 heavy (non-hydrogen) atoms. The van der Waals surface area contributed by atoms with Crippen molar-refractivity contribution in [2.75, 3.05) is 0 Å². The largest absolute Gasteiger partial charge is 0.393 e. The van der Waals surface area contributed by atoms with E-state index < -0.39 is 0 Å². The zero-order valence-electron chi connectivity index (χ0n) is 8.46. The van der Waals surface area contributed by atoms with Crippen LogP contribution in [0.15, 0.2) is 24.3 Å². The van der Waals surface area contributed by atoms with Gasteiger partial charge in [-0.1, -0.05) is 31.2 Å². The molecule has 0 saturated heterocycles.